The molecule has 6 aliphatic rings. The lowest BCUT2D eigenvalue weighted by Gasteiger charge is -2.72. The van der Waals surface area contributed by atoms with Crippen LogP contribution in [0.5, 0.6) is 0 Å². The number of nitrogens with zero attached hydrogens (tertiary/aromatic N) is 2. The molecule has 1 saturated heterocycles. The summed E-state index contributed by atoms with van der Waals surface area (Å²) in [6.45, 7) is 6.41. The van der Waals surface area contributed by atoms with E-state index in [0.29, 0.717) is 12.1 Å². The topological polar surface area (TPSA) is 76.5 Å². The molecular weight excluding hydrogens is 520 g/mol. The lowest BCUT2D eigenvalue weighted by Crippen LogP contribution is -2.70. The first-order valence-corrected chi connectivity index (χ1v) is 16.4. The van der Waals surface area contributed by atoms with Crippen molar-refractivity contribution in [2.45, 2.75) is 75.5 Å². The van der Waals surface area contributed by atoms with Crippen LogP contribution in [0.3, 0.4) is 0 Å². The number of imide groups is 1. The Bertz CT molecular complexity index is 1710. The van der Waals surface area contributed by atoms with E-state index in [1.165, 1.54) is 37.0 Å². The van der Waals surface area contributed by atoms with Gasteiger partial charge in [-0.05, 0) is 74.1 Å². The molecule has 6 nitrogen and oxygen atoms in total. The molecule has 7 heteroatoms. The zero-order valence-electron chi connectivity index (χ0n) is 23.4. The molecule has 1 aliphatic heterocycles. The van der Waals surface area contributed by atoms with Crippen LogP contribution < -0.4 is 0 Å². The van der Waals surface area contributed by atoms with Crippen molar-refractivity contribution in [2.24, 2.45) is 29.1 Å². The number of likely N-dealkylation sites (tertiary alicyclic amines) is 1. The normalized spacial score (nSPS) is 33.7. The van der Waals surface area contributed by atoms with Crippen LogP contribution in [0.4, 0.5) is 0 Å². The maximum Gasteiger partial charge on any atom is 0.268 e. The predicted octanol–water partition coefficient (Wildman–Crippen LogP) is 5.76. The summed E-state index contributed by atoms with van der Waals surface area (Å²) in [7, 11) is -3.95. The number of hydrogen-bond acceptors (Lipinski definition) is 4. The van der Waals surface area contributed by atoms with Crippen molar-refractivity contribution in [1.29, 1.82) is 0 Å². The van der Waals surface area contributed by atoms with Crippen molar-refractivity contribution in [3.63, 3.8) is 0 Å². The first kappa shape index (κ1) is 24.8. The third kappa shape index (κ3) is 2.69. The van der Waals surface area contributed by atoms with Crippen molar-refractivity contribution in [3.8, 4) is 0 Å². The maximum atomic E-state index is 14.5. The van der Waals surface area contributed by atoms with Crippen molar-refractivity contribution in [2.75, 3.05) is 6.54 Å². The quantitative estimate of drug-likeness (QED) is 0.384. The minimum atomic E-state index is -3.95. The van der Waals surface area contributed by atoms with E-state index in [9.17, 15) is 18.0 Å². The van der Waals surface area contributed by atoms with Crippen LogP contribution in [0.25, 0.3) is 10.9 Å². The average molecular weight is 557 g/mol. The van der Waals surface area contributed by atoms with Gasteiger partial charge in [0, 0.05) is 29.0 Å². The van der Waals surface area contributed by atoms with Crippen LogP contribution in [-0.4, -0.2) is 35.6 Å². The molecule has 1 aromatic heterocycles. The second kappa shape index (κ2) is 7.87. The Morgan fingerprint density at radius 1 is 0.925 bits per heavy atom. The molecule has 3 saturated carbocycles. The molecule has 9 rings (SSSR count). The van der Waals surface area contributed by atoms with E-state index >= 15 is 0 Å². The van der Waals surface area contributed by atoms with Gasteiger partial charge >= 0.3 is 0 Å². The predicted molar refractivity (Wildman–Crippen MR) is 152 cm³/mol. The molecule has 5 aliphatic carbocycles. The third-order valence-corrected chi connectivity index (χ3v) is 13.5. The highest BCUT2D eigenvalue weighted by atomic mass is 32.2. The second-order valence-electron chi connectivity index (χ2n) is 13.4. The summed E-state index contributed by atoms with van der Waals surface area (Å²) >= 11 is 0. The van der Waals surface area contributed by atoms with E-state index in [4.69, 9.17) is 0 Å². The monoisotopic (exact) mass is 556 g/mol. The van der Waals surface area contributed by atoms with Gasteiger partial charge in [0.1, 0.15) is 0 Å². The summed E-state index contributed by atoms with van der Waals surface area (Å²) in [6.07, 6.45) is 7.04. The Balaban J connectivity index is 1.46. The fourth-order valence-electron chi connectivity index (χ4n) is 10.6. The van der Waals surface area contributed by atoms with Crippen molar-refractivity contribution in [3.05, 3.63) is 65.4 Å². The van der Waals surface area contributed by atoms with Crippen LogP contribution in [0, 0.1) is 36.0 Å². The van der Waals surface area contributed by atoms with Gasteiger partial charge in [-0.15, -0.1) is 0 Å². The number of hydrogen-bond donors (Lipinski definition) is 0. The van der Waals surface area contributed by atoms with E-state index in [-0.39, 0.29) is 39.9 Å². The largest absolute Gasteiger partial charge is 0.282 e. The molecule has 6 atom stereocenters. The summed E-state index contributed by atoms with van der Waals surface area (Å²) < 4.78 is 30.6. The summed E-state index contributed by atoms with van der Waals surface area (Å²) in [5.74, 6) is -0.865. The molecule has 2 amide bonds. The molecule has 1 spiro atoms. The first-order valence-electron chi connectivity index (χ1n) is 15.0. The summed E-state index contributed by atoms with van der Waals surface area (Å²) in [5, 5.41) is 0.922. The lowest BCUT2D eigenvalue weighted by atomic mass is 9.30. The Labute approximate surface area is 235 Å². The number of carbonyl (C=O) groups is 2. The van der Waals surface area contributed by atoms with Crippen LogP contribution >= 0.6 is 0 Å². The molecule has 2 bridgehead atoms. The van der Waals surface area contributed by atoms with Crippen LogP contribution in [-0.2, 0) is 25.0 Å². The number of amides is 2. The van der Waals surface area contributed by atoms with Gasteiger partial charge < -0.3 is 0 Å². The van der Waals surface area contributed by atoms with E-state index in [1.807, 2.05) is 50.2 Å². The van der Waals surface area contributed by atoms with Crippen molar-refractivity contribution >= 4 is 32.7 Å². The Kier molecular flexibility index (Phi) is 4.89. The van der Waals surface area contributed by atoms with Crippen molar-refractivity contribution < 1.29 is 18.0 Å². The summed E-state index contributed by atoms with van der Waals surface area (Å²) in [6, 6.07) is 14.8. The number of carbonyl (C=O) groups excluding carboxylic acids is 2. The number of rotatable bonds is 3. The van der Waals surface area contributed by atoms with Gasteiger partial charge in [0.15, 0.2) is 0 Å². The fourth-order valence-corrected chi connectivity index (χ4v) is 12.1. The van der Waals surface area contributed by atoms with E-state index in [0.717, 1.165) is 28.6 Å². The molecule has 3 aromatic rings. The van der Waals surface area contributed by atoms with Crippen LogP contribution in [0.15, 0.2) is 53.4 Å². The van der Waals surface area contributed by atoms with Crippen molar-refractivity contribution in [1.82, 2.24) is 8.87 Å². The van der Waals surface area contributed by atoms with Gasteiger partial charge in [-0.2, -0.15) is 0 Å². The fraction of sp³-hybridized carbons (Fsp3) is 0.515. The Hall–Kier alpha value is -2.93. The highest BCUT2D eigenvalue weighted by Crippen LogP contribution is 2.79. The number of aryl methyl sites for hydroxylation is 1. The highest BCUT2D eigenvalue weighted by molar-refractivity contribution is 7.90. The minimum absolute atomic E-state index is 0.0508. The zero-order chi connectivity index (χ0) is 27.8. The van der Waals surface area contributed by atoms with Gasteiger partial charge in [-0.3, -0.25) is 14.5 Å². The molecule has 0 unspecified atom stereocenters. The van der Waals surface area contributed by atoms with Gasteiger partial charge in [0.2, 0.25) is 11.8 Å². The van der Waals surface area contributed by atoms with Gasteiger partial charge in [-0.1, -0.05) is 62.1 Å². The highest BCUT2D eigenvalue weighted by Gasteiger charge is 2.78. The Morgan fingerprint density at radius 3 is 2.33 bits per heavy atom. The summed E-state index contributed by atoms with van der Waals surface area (Å²) in [4.78, 5) is 29.8. The van der Waals surface area contributed by atoms with E-state index in [2.05, 4.69) is 6.92 Å². The second-order valence-corrected chi connectivity index (χ2v) is 15.1. The first-order chi connectivity index (χ1) is 19.2. The van der Waals surface area contributed by atoms with Gasteiger partial charge in [0.05, 0.1) is 22.2 Å². The molecule has 2 heterocycles. The number of para-hydroxylation sites is 1. The number of benzene rings is 2. The maximum absolute atomic E-state index is 14.5. The molecule has 40 heavy (non-hydrogen) atoms. The van der Waals surface area contributed by atoms with Crippen LogP contribution in [0.2, 0.25) is 0 Å². The minimum Gasteiger partial charge on any atom is -0.282 e. The lowest BCUT2D eigenvalue weighted by molar-refractivity contribution is -0.190. The third-order valence-electron chi connectivity index (χ3n) is 11.8. The Morgan fingerprint density at radius 2 is 1.62 bits per heavy atom. The smallest absolute Gasteiger partial charge is 0.268 e. The van der Waals surface area contributed by atoms with E-state index in [1.54, 1.807) is 16.1 Å². The van der Waals surface area contributed by atoms with E-state index < -0.39 is 27.3 Å². The summed E-state index contributed by atoms with van der Waals surface area (Å²) in [5.41, 5.74) is 3.04. The zero-order valence-corrected chi connectivity index (χ0v) is 24.2. The standard InChI is InChI=1S/C33H36N2O4S/c1-4-34-30(36)25-24-22-18-33(16-8-5-9-17-33)29(22)32(3,27(25)31(34)37)26-21-10-6-7-11-23(21)35(28(24)26)40(38,39)20-14-12-19(2)13-15-20/h6-7,10-15,22,24-25,27,29H,4-5,8-9,16-18H2,1-3H3/t22-,24+,25+,27-,29-,32-/m1/s1. The SMILES string of the molecule is CCN1C(=O)[C@H]2[C@H]3c4c(c5ccccc5n4S(=O)(=O)c4ccc(C)cc4)[C@](C)([C@H]2C1=O)[C@H]1[C@@H]3CC12CCCCC2. The van der Waals surface area contributed by atoms with Crippen LogP contribution in [0.1, 0.15) is 75.1 Å². The van der Waals surface area contributed by atoms with Gasteiger partial charge in [-0.25, -0.2) is 12.4 Å². The molecule has 208 valence electrons. The number of fused-ring (bicyclic) bond motifs is 1. The molecule has 2 aromatic carbocycles. The molecule has 4 fully saturated rings. The van der Waals surface area contributed by atoms with Gasteiger partial charge in [0.25, 0.3) is 10.0 Å². The number of aromatic nitrogens is 1. The average Bonchev–Trinajstić information content (AvgIpc) is 3.42. The molecular formula is C33H36N2O4S. The molecule has 0 radical (unpaired) electrons. The molecule has 0 N–H and O–H groups in total.